The molecule has 0 amide bonds. The van der Waals surface area contributed by atoms with Crippen LogP contribution in [0.3, 0.4) is 0 Å². The number of unbranched alkanes of at least 4 members (excludes halogenated alkanes) is 2. The van der Waals surface area contributed by atoms with Crippen LogP contribution in [0.25, 0.3) is 0 Å². The van der Waals surface area contributed by atoms with Crippen molar-refractivity contribution in [1.82, 2.24) is 10.3 Å². The average molecular weight is 182 g/mol. The van der Waals surface area contributed by atoms with Gasteiger partial charge in [-0.2, -0.15) is 8.42 Å². The summed E-state index contributed by atoms with van der Waals surface area (Å²) in [5.41, 5.74) is 2.37. The Labute approximate surface area is 67.0 Å². The molecule has 0 aromatic carbocycles. The molecule has 68 valence electrons. The summed E-state index contributed by atoms with van der Waals surface area (Å²) < 4.78 is 28.3. The van der Waals surface area contributed by atoms with Crippen molar-refractivity contribution < 1.29 is 13.0 Å². The van der Waals surface area contributed by atoms with E-state index < -0.39 is 10.3 Å². The lowest BCUT2D eigenvalue weighted by Gasteiger charge is -2.01. The monoisotopic (exact) mass is 182 g/mol. The fourth-order valence-electron chi connectivity index (χ4n) is 0.606. The van der Waals surface area contributed by atoms with E-state index in [1.807, 2.05) is 0 Å². The quantitative estimate of drug-likeness (QED) is 0.308. The van der Waals surface area contributed by atoms with E-state index in [1.54, 1.807) is 4.83 Å². The molecule has 0 radical (unpaired) electrons. The van der Waals surface area contributed by atoms with Crippen LogP contribution in [0, 0.1) is 0 Å². The van der Waals surface area contributed by atoms with Crippen LogP contribution in [0.15, 0.2) is 0 Å². The predicted octanol–water partition coefficient (Wildman–Crippen LogP) is 0.0736. The smallest absolute Gasteiger partial charge is 0.273 e. The molecule has 0 aliphatic carbocycles. The molecule has 3 N–H and O–H groups in total. The first-order valence-corrected chi connectivity index (χ1v) is 4.97. The Kier molecular flexibility index (Phi) is 5.39. The van der Waals surface area contributed by atoms with Crippen molar-refractivity contribution in [3.8, 4) is 0 Å². The highest BCUT2D eigenvalue weighted by atomic mass is 32.2. The molecule has 0 aromatic heterocycles. The minimum atomic E-state index is -4.07. The average Bonchev–Trinajstić information content (AvgIpc) is 1.85. The molecule has 0 unspecified atom stereocenters. The Morgan fingerprint density at radius 1 is 1.36 bits per heavy atom. The minimum Gasteiger partial charge on any atom is -0.273 e. The first kappa shape index (κ1) is 10.8. The highest BCUT2D eigenvalue weighted by Gasteiger charge is 1.98. The molecule has 0 fully saturated rings. The lowest BCUT2D eigenvalue weighted by molar-refractivity contribution is 0.449. The van der Waals surface area contributed by atoms with Crippen molar-refractivity contribution in [1.29, 1.82) is 0 Å². The highest BCUT2D eigenvalue weighted by molar-refractivity contribution is 7.83. The zero-order valence-electron chi connectivity index (χ0n) is 6.50. The zero-order valence-corrected chi connectivity index (χ0v) is 7.32. The summed E-state index contributed by atoms with van der Waals surface area (Å²) in [6.07, 6.45) is 3.01. The maximum Gasteiger partial charge on any atom is 0.346 e. The molecule has 0 aliphatic heterocycles. The Hall–Kier alpha value is -0.170. The first-order valence-electron chi connectivity index (χ1n) is 3.53. The zero-order chi connectivity index (χ0) is 8.74. The molecule has 0 aromatic rings. The number of hydrazine groups is 1. The van der Waals surface area contributed by atoms with Crippen LogP contribution in [0.5, 0.6) is 0 Å². The summed E-state index contributed by atoms with van der Waals surface area (Å²) in [6.45, 7) is 2.59. The molecule has 0 bridgehead atoms. The van der Waals surface area contributed by atoms with Crippen LogP contribution >= 0.6 is 0 Å². The van der Waals surface area contributed by atoms with Gasteiger partial charge in [0.2, 0.25) is 0 Å². The van der Waals surface area contributed by atoms with Crippen molar-refractivity contribution >= 4 is 10.3 Å². The summed E-state index contributed by atoms with van der Waals surface area (Å²) in [5, 5.41) is 0. The Bertz CT molecular complexity index is 178. The Balaban J connectivity index is 3.16. The third kappa shape index (κ3) is 9.83. The van der Waals surface area contributed by atoms with Crippen LogP contribution in [0.2, 0.25) is 0 Å². The number of nitrogens with one attached hydrogen (secondary N) is 2. The van der Waals surface area contributed by atoms with E-state index in [-0.39, 0.29) is 0 Å². The largest absolute Gasteiger partial charge is 0.346 e. The van der Waals surface area contributed by atoms with Gasteiger partial charge in [0.05, 0.1) is 0 Å². The van der Waals surface area contributed by atoms with Gasteiger partial charge >= 0.3 is 10.3 Å². The molecule has 0 aliphatic rings. The first-order chi connectivity index (χ1) is 5.06. The van der Waals surface area contributed by atoms with E-state index in [0.29, 0.717) is 6.54 Å². The predicted molar refractivity (Wildman–Crippen MR) is 42.2 cm³/mol. The van der Waals surface area contributed by atoms with Gasteiger partial charge in [-0.05, 0) is 6.42 Å². The summed E-state index contributed by atoms with van der Waals surface area (Å²) in [6, 6.07) is 0. The number of hydrogen-bond donors (Lipinski definition) is 3. The third-order valence-corrected chi connectivity index (χ3v) is 1.51. The van der Waals surface area contributed by atoms with Crippen LogP contribution in [0.1, 0.15) is 26.2 Å². The molecule has 0 saturated heterocycles. The minimum absolute atomic E-state index is 0.535. The van der Waals surface area contributed by atoms with E-state index in [4.69, 9.17) is 4.55 Å². The SMILES string of the molecule is CCCCCNNS(=O)(=O)O. The van der Waals surface area contributed by atoms with Crippen LogP contribution < -0.4 is 10.3 Å². The van der Waals surface area contributed by atoms with Gasteiger partial charge in [0.1, 0.15) is 0 Å². The summed E-state index contributed by atoms with van der Waals surface area (Å²) in [7, 11) is -4.07. The molecular weight excluding hydrogens is 168 g/mol. The van der Waals surface area contributed by atoms with Gasteiger partial charge in [-0.15, -0.1) is 4.83 Å². The van der Waals surface area contributed by atoms with Crippen LogP contribution in [-0.2, 0) is 10.3 Å². The van der Waals surface area contributed by atoms with Gasteiger partial charge in [-0.25, -0.2) is 5.43 Å². The molecule has 0 heterocycles. The molecule has 5 nitrogen and oxygen atoms in total. The molecule has 0 spiro atoms. The maximum atomic E-state index is 10.0. The van der Waals surface area contributed by atoms with Crippen LogP contribution in [0.4, 0.5) is 0 Å². The van der Waals surface area contributed by atoms with E-state index >= 15 is 0 Å². The van der Waals surface area contributed by atoms with E-state index in [2.05, 4.69) is 12.3 Å². The Morgan fingerprint density at radius 2 is 2.00 bits per heavy atom. The summed E-state index contributed by atoms with van der Waals surface area (Å²) in [5.74, 6) is 0. The molecule has 11 heavy (non-hydrogen) atoms. The third-order valence-electron chi connectivity index (χ3n) is 1.11. The van der Waals surface area contributed by atoms with E-state index in [1.165, 1.54) is 0 Å². The van der Waals surface area contributed by atoms with Crippen molar-refractivity contribution in [2.45, 2.75) is 26.2 Å². The van der Waals surface area contributed by atoms with Gasteiger partial charge in [-0.1, -0.05) is 19.8 Å². The summed E-state index contributed by atoms with van der Waals surface area (Å²) in [4.78, 5) is 1.76. The van der Waals surface area contributed by atoms with Gasteiger partial charge in [0, 0.05) is 6.54 Å². The number of hydrogen-bond acceptors (Lipinski definition) is 3. The number of rotatable bonds is 6. The van der Waals surface area contributed by atoms with Gasteiger partial charge in [-0.3, -0.25) is 4.55 Å². The lowest BCUT2D eigenvalue weighted by Crippen LogP contribution is -2.37. The molecular formula is C5H14N2O3S. The van der Waals surface area contributed by atoms with E-state index in [9.17, 15) is 8.42 Å². The highest BCUT2D eigenvalue weighted by Crippen LogP contribution is 1.89. The molecule has 6 heteroatoms. The summed E-state index contributed by atoms with van der Waals surface area (Å²) >= 11 is 0. The van der Waals surface area contributed by atoms with Gasteiger partial charge in [0.25, 0.3) is 0 Å². The van der Waals surface area contributed by atoms with Crippen LogP contribution in [-0.4, -0.2) is 19.5 Å². The van der Waals surface area contributed by atoms with Crippen molar-refractivity contribution in [2.75, 3.05) is 6.54 Å². The van der Waals surface area contributed by atoms with Crippen molar-refractivity contribution in [3.63, 3.8) is 0 Å². The second kappa shape index (κ2) is 5.48. The normalized spacial score (nSPS) is 11.8. The molecule has 0 rings (SSSR count). The second-order valence-electron chi connectivity index (χ2n) is 2.21. The van der Waals surface area contributed by atoms with Gasteiger partial charge in [0.15, 0.2) is 0 Å². The fourth-order valence-corrected chi connectivity index (χ4v) is 0.890. The fraction of sp³-hybridized carbons (Fsp3) is 1.00. The standard InChI is InChI=1S/C5H14N2O3S/c1-2-3-4-5-6-7-11(8,9)10/h6-7H,2-5H2,1H3,(H,8,9,10). The lowest BCUT2D eigenvalue weighted by atomic mass is 10.3. The topological polar surface area (TPSA) is 78.4 Å². The second-order valence-corrected chi connectivity index (χ2v) is 3.37. The molecule has 0 saturated carbocycles. The molecule has 0 atom stereocenters. The van der Waals surface area contributed by atoms with Crippen molar-refractivity contribution in [2.24, 2.45) is 0 Å². The van der Waals surface area contributed by atoms with Crippen molar-refractivity contribution in [3.05, 3.63) is 0 Å². The van der Waals surface area contributed by atoms with E-state index in [0.717, 1.165) is 19.3 Å². The maximum absolute atomic E-state index is 10.0. The van der Waals surface area contributed by atoms with Gasteiger partial charge < -0.3 is 0 Å². The Morgan fingerprint density at radius 3 is 2.45 bits per heavy atom.